The maximum atomic E-state index is 9.69. The van der Waals surface area contributed by atoms with Gasteiger partial charge >= 0.3 is 0 Å². The summed E-state index contributed by atoms with van der Waals surface area (Å²) in [6.45, 7) is 0.214. The minimum Gasteiger partial charge on any atom is -0.472 e. The van der Waals surface area contributed by atoms with Gasteiger partial charge in [-0.2, -0.15) is 0 Å². The number of furan rings is 1. The number of imidazole rings is 1. The molecular formula is C22H23N5O2. The minimum absolute atomic E-state index is 0.214. The number of aliphatic hydroxyl groups excluding tert-OH is 1. The predicted molar refractivity (Wildman–Crippen MR) is 111 cm³/mol. The SMILES string of the molecule is OC[C@@H]1CCCC[C@H]1Nc1ccc2ncn(-c3ccnc(-c4ccoc4)c3)c2n1. The zero-order valence-electron chi connectivity index (χ0n) is 16.0. The normalized spacial score (nSPS) is 19.5. The van der Waals surface area contributed by atoms with Gasteiger partial charge in [-0.15, -0.1) is 0 Å². The third kappa shape index (κ3) is 3.49. The zero-order chi connectivity index (χ0) is 19.6. The van der Waals surface area contributed by atoms with Crippen molar-refractivity contribution in [2.75, 3.05) is 11.9 Å². The topological polar surface area (TPSA) is 89.0 Å². The number of aromatic nitrogens is 4. The number of hydrogen-bond donors (Lipinski definition) is 2. The third-order valence-electron chi connectivity index (χ3n) is 5.71. The Labute approximate surface area is 168 Å². The highest BCUT2D eigenvalue weighted by molar-refractivity contribution is 5.75. The van der Waals surface area contributed by atoms with Gasteiger partial charge in [0, 0.05) is 30.3 Å². The maximum absolute atomic E-state index is 9.69. The second-order valence-electron chi connectivity index (χ2n) is 7.54. The van der Waals surface area contributed by atoms with Gasteiger partial charge < -0.3 is 14.8 Å². The first-order valence-corrected chi connectivity index (χ1v) is 10.0. The van der Waals surface area contributed by atoms with Crippen LogP contribution in [0.15, 0.2) is 59.8 Å². The monoisotopic (exact) mass is 389 g/mol. The molecule has 1 saturated carbocycles. The molecule has 1 aliphatic carbocycles. The van der Waals surface area contributed by atoms with Crippen LogP contribution in [0.25, 0.3) is 28.1 Å². The second kappa shape index (κ2) is 7.67. The summed E-state index contributed by atoms with van der Waals surface area (Å²) < 4.78 is 7.15. The molecule has 2 N–H and O–H groups in total. The average molecular weight is 389 g/mol. The van der Waals surface area contributed by atoms with E-state index in [1.807, 2.05) is 34.9 Å². The molecule has 148 valence electrons. The highest BCUT2D eigenvalue weighted by Gasteiger charge is 2.24. The van der Waals surface area contributed by atoms with E-state index >= 15 is 0 Å². The fourth-order valence-electron chi connectivity index (χ4n) is 4.11. The molecular weight excluding hydrogens is 366 g/mol. The number of nitrogens with zero attached hydrogens (tertiary/aromatic N) is 4. The maximum Gasteiger partial charge on any atom is 0.166 e. The number of hydrogen-bond acceptors (Lipinski definition) is 6. The van der Waals surface area contributed by atoms with E-state index in [-0.39, 0.29) is 18.6 Å². The lowest BCUT2D eigenvalue weighted by atomic mass is 9.85. The fraction of sp³-hybridized carbons (Fsp3) is 0.318. The van der Waals surface area contributed by atoms with Crippen LogP contribution in [-0.2, 0) is 0 Å². The summed E-state index contributed by atoms with van der Waals surface area (Å²) in [6, 6.07) is 10.0. The van der Waals surface area contributed by atoms with Gasteiger partial charge in [0.05, 0.1) is 23.9 Å². The Morgan fingerprint density at radius 3 is 2.93 bits per heavy atom. The number of anilines is 1. The van der Waals surface area contributed by atoms with E-state index in [0.29, 0.717) is 0 Å². The minimum atomic E-state index is 0.214. The zero-order valence-corrected chi connectivity index (χ0v) is 16.0. The van der Waals surface area contributed by atoms with Crippen molar-refractivity contribution in [3.8, 4) is 16.9 Å². The van der Waals surface area contributed by atoms with Crippen LogP contribution >= 0.6 is 0 Å². The van der Waals surface area contributed by atoms with Crippen molar-refractivity contribution in [2.45, 2.75) is 31.7 Å². The van der Waals surface area contributed by atoms with Crippen LogP contribution in [0.5, 0.6) is 0 Å². The summed E-state index contributed by atoms with van der Waals surface area (Å²) in [5.74, 6) is 1.09. The number of fused-ring (bicyclic) bond motifs is 1. The summed E-state index contributed by atoms with van der Waals surface area (Å²) in [7, 11) is 0. The smallest absolute Gasteiger partial charge is 0.166 e. The van der Waals surface area contributed by atoms with Crippen molar-refractivity contribution in [3.05, 3.63) is 55.4 Å². The Bertz CT molecular complexity index is 1110. The van der Waals surface area contributed by atoms with Gasteiger partial charge in [0.1, 0.15) is 17.7 Å². The number of nitrogens with one attached hydrogen (secondary N) is 1. The predicted octanol–water partition coefficient (Wildman–Crippen LogP) is 4.04. The number of pyridine rings is 2. The van der Waals surface area contributed by atoms with Gasteiger partial charge in [-0.3, -0.25) is 9.55 Å². The fourth-order valence-corrected chi connectivity index (χ4v) is 4.11. The quantitative estimate of drug-likeness (QED) is 0.535. The molecule has 0 spiro atoms. The molecule has 4 heterocycles. The first-order valence-electron chi connectivity index (χ1n) is 10.0. The molecule has 5 rings (SSSR count). The van der Waals surface area contributed by atoms with E-state index in [0.717, 1.165) is 46.8 Å². The van der Waals surface area contributed by atoms with Crippen LogP contribution in [0.2, 0.25) is 0 Å². The number of aliphatic hydroxyl groups is 1. The van der Waals surface area contributed by atoms with Crippen molar-refractivity contribution >= 4 is 17.0 Å². The van der Waals surface area contributed by atoms with Crippen molar-refractivity contribution in [1.29, 1.82) is 0 Å². The average Bonchev–Trinajstić information content (AvgIpc) is 3.44. The first-order chi connectivity index (χ1) is 14.3. The summed E-state index contributed by atoms with van der Waals surface area (Å²) in [5.41, 5.74) is 4.32. The van der Waals surface area contributed by atoms with Gasteiger partial charge in [-0.25, -0.2) is 9.97 Å². The van der Waals surface area contributed by atoms with Crippen LogP contribution in [0, 0.1) is 5.92 Å². The van der Waals surface area contributed by atoms with Crippen LogP contribution in [0.3, 0.4) is 0 Å². The van der Waals surface area contributed by atoms with Crippen LogP contribution < -0.4 is 5.32 Å². The van der Waals surface area contributed by atoms with Gasteiger partial charge in [0.15, 0.2) is 5.65 Å². The molecule has 0 aliphatic heterocycles. The van der Waals surface area contributed by atoms with Crippen molar-refractivity contribution in [2.24, 2.45) is 5.92 Å². The third-order valence-corrected chi connectivity index (χ3v) is 5.71. The molecule has 0 bridgehead atoms. The largest absolute Gasteiger partial charge is 0.472 e. The lowest BCUT2D eigenvalue weighted by Gasteiger charge is -2.31. The van der Waals surface area contributed by atoms with Crippen molar-refractivity contribution < 1.29 is 9.52 Å². The van der Waals surface area contributed by atoms with Gasteiger partial charge in [0.2, 0.25) is 0 Å². The Balaban J connectivity index is 1.48. The summed E-state index contributed by atoms with van der Waals surface area (Å²) in [5, 5.41) is 13.2. The standard InChI is InChI=1S/C22H23N5O2/c28-12-15-3-1-2-4-18(15)25-21-6-5-19-22(26-21)27(14-24-19)17-7-9-23-20(11-17)16-8-10-29-13-16/h5-11,13-15,18,28H,1-4,12H2,(H,25,26)/t15-,18+/m0/s1. The van der Waals surface area contributed by atoms with Gasteiger partial charge in [-0.1, -0.05) is 12.8 Å². The van der Waals surface area contributed by atoms with Crippen LogP contribution in [-0.4, -0.2) is 37.3 Å². The van der Waals surface area contributed by atoms with Gasteiger partial charge in [-0.05, 0) is 43.2 Å². The van der Waals surface area contributed by atoms with E-state index in [2.05, 4.69) is 15.3 Å². The molecule has 1 fully saturated rings. The lowest BCUT2D eigenvalue weighted by Crippen LogP contribution is -2.34. The molecule has 29 heavy (non-hydrogen) atoms. The molecule has 2 atom stereocenters. The summed E-state index contributed by atoms with van der Waals surface area (Å²) in [6.07, 6.45) is 11.4. The van der Waals surface area contributed by atoms with E-state index in [4.69, 9.17) is 9.40 Å². The molecule has 7 nitrogen and oxygen atoms in total. The molecule has 0 saturated heterocycles. The van der Waals surface area contributed by atoms with Crippen LogP contribution in [0.1, 0.15) is 25.7 Å². The number of rotatable bonds is 5. The highest BCUT2D eigenvalue weighted by Crippen LogP contribution is 2.28. The molecule has 0 unspecified atom stereocenters. The van der Waals surface area contributed by atoms with Crippen molar-refractivity contribution in [3.63, 3.8) is 0 Å². The molecule has 7 heteroatoms. The van der Waals surface area contributed by atoms with Crippen LogP contribution in [0.4, 0.5) is 5.82 Å². The van der Waals surface area contributed by atoms with E-state index in [1.54, 1.807) is 25.1 Å². The Morgan fingerprint density at radius 1 is 1.14 bits per heavy atom. The Hall–Kier alpha value is -3.19. The van der Waals surface area contributed by atoms with E-state index in [1.165, 1.54) is 12.8 Å². The highest BCUT2D eigenvalue weighted by atomic mass is 16.3. The Kier molecular flexibility index (Phi) is 4.73. The van der Waals surface area contributed by atoms with E-state index < -0.39 is 0 Å². The molecule has 4 aromatic heterocycles. The second-order valence-corrected chi connectivity index (χ2v) is 7.54. The Morgan fingerprint density at radius 2 is 2.07 bits per heavy atom. The lowest BCUT2D eigenvalue weighted by molar-refractivity contribution is 0.178. The van der Waals surface area contributed by atoms with Crippen molar-refractivity contribution in [1.82, 2.24) is 19.5 Å². The van der Waals surface area contributed by atoms with Gasteiger partial charge in [0.25, 0.3) is 0 Å². The molecule has 0 amide bonds. The molecule has 0 radical (unpaired) electrons. The molecule has 1 aliphatic rings. The summed E-state index contributed by atoms with van der Waals surface area (Å²) in [4.78, 5) is 13.8. The van der Waals surface area contributed by atoms with E-state index in [9.17, 15) is 5.11 Å². The molecule has 0 aromatic carbocycles. The summed E-state index contributed by atoms with van der Waals surface area (Å²) >= 11 is 0. The first kappa shape index (κ1) is 17.9. The molecule has 4 aromatic rings.